The lowest BCUT2D eigenvalue weighted by Crippen LogP contribution is -2.51. The molecule has 5 nitrogen and oxygen atoms in total. The predicted octanol–water partition coefficient (Wildman–Crippen LogP) is 3.79. The molecule has 4 heterocycles. The molecule has 140 valence electrons. The van der Waals surface area contributed by atoms with Crippen molar-refractivity contribution in [3.63, 3.8) is 0 Å². The van der Waals surface area contributed by atoms with Crippen LogP contribution in [0.1, 0.15) is 37.9 Å². The average molecular weight is 375 g/mol. The molecule has 2 aromatic rings. The van der Waals surface area contributed by atoms with Gasteiger partial charge in [0.15, 0.2) is 0 Å². The zero-order valence-corrected chi connectivity index (χ0v) is 15.7. The van der Waals surface area contributed by atoms with Crippen LogP contribution < -0.4 is 5.32 Å². The molecule has 0 aromatic carbocycles. The second-order valence-electron chi connectivity index (χ2n) is 7.14. The van der Waals surface area contributed by atoms with Gasteiger partial charge in [0.25, 0.3) is 0 Å². The molecule has 0 saturated carbocycles. The van der Waals surface area contributed by atoms with Crippen molar-refractivity contribution in [2.24, 2.45) is 0 Å². The second-order valence-corrected chi connectivity index (χ2v) is 8.09. The van der Waals surface area contributed by atoms with Crippen molar-refractivity contribution < 1.29 is 18.7 Å². The molecule has 2 saturated heterocycles. The molecule has 1 spiro atoms. The minimum Gasteiger partial charge on any atom is -0.460 e. The summed E-state index contributed by atoms with van der Waals surface area (Å²) in [5.74, 6) is 1.82. The molecule has 2 aliphatic heterocycles. The minimum absolute atomic E-state index is 0.0909. The van der Waals surface area contributed by atoms with Gasteiger partial charge in [0, 0.05) is 38.7 Å². The molecule has 4 rings (SSSR count). The highest BCUT2D eigenvalue weighted by atomic mass is 32.1. The molecule has 26 heavy (non-hydrogen) atoms. The number of aryl methyl sites for hydroxylation is 1. The smallest absolute Gasteiger partial charge is 0.220 e. The highest BCUT2D eigenvalue weighted by molar-refractivity contribution is 7.13. The maximum absolute atomic E-state index is 12.4. The molecule has 2 aliphatic rings. The van der Waals surface area contributed by atoms with E-state index in [0.717, 1.165) is 55.3 Å². The Morgan fingerprint density at radius 2 is 2.12 bits per heavy atom. The van der Waals surface area contributed by atoms with Gasteiger partial charge in [-0.2, -0.15) is 0 Å². The number of hydrogen-bond acceptors (Lipinski definition) is 5. The Bertz CT molecular complexity index is 713. The lowest BCUT2D eigenvalue weighted by molar-refractivity contribution is -0.144. The zero-order valence-electron chi connectivity index (χ0n) is 14.9. The summed E-state index contributed by atoms with van der Waals surface area (Å²) in [4.78, 5) is 13.5. The van der Waals surface area contributed by atoms with Gasteiger partial charge < -0.3 is 19.2 Å². The van der Waals surface area contributed by atoms with Gasteiger partial charge in [-0.05, 0) is 49.3 Å². The van der Waals surface area contributed by atoms with Crippen LogP contribution in [0.25, 0.3) is 10.6 Å². The van der Waals surface area contributed by atoms with Crippen LogP contribution in [0.2, 0.25) is 0 Å². The van der Waals surface area contributed by atoms with Crippen LogP contribution in [-0.4, -0.2) is 37.4 Å². The maximum atomic E-state index is 12.4. The van der Waals surface area contributed by atoms with Gasteiger partial charge in [0.2, 0.25) is 5.91 Å². The first kappa shape index (κ1) is 17.8. The number of hydrogen-bond donors (Lipinski definition) is 1. The number of amides is 1. The van der Waals surface area contributed by atoms with E-state index in [2.05, 4.69) is 5.32 Å². The topological polar surface area (TPSA) is 60.7 Å². The Kier molecular flexibility index (Phi) is 5.43. The normalized spacial score (nSPS) is 22.4. The van der Waals surface area contributed by atoms with E-state index in [0.29, 0.717) is 19.4 Å². The summed E-state index contributed by atoms with van der Waals surface area (Å²) in [7, 11) is 0. The highest BCUT2D eigenvalue weighted by Crippen LogP contribution is 2.34. The van der Waals surface area contributed by atoms with Gasteiger partial charge in [-0.15, -0.1) is 11.3 Å². The van der Waals surface area contributed by atoms with E-state index < -0.39 is 0 Å². The fourth-order valence-electron chi connectivity index (χ4n) is 3.84. The maximum Gasteiger partial charge on any atom is 0.220 e. The third kappa shape index (κ3) is 4.19. The largest absolute Gasteiger partial charge is 0.460 e. The first-order valence-corrected chi connectivity index (χ1v) is 10.2. The van der Waals surface area contributed by atoms with Crippen molar-refractivity contribution in [3.8, 4) is 10.6 Å². The monoisotopic (exact) mass is 375 g/mol. The van der Waals surface area contributed by atoms with Crippen molar-refractivity contribution in [3.05, 3.63) is 35.4 Å². The summed E-state index contributed by atoms with van der Waals surface area (Å²) in [6.07, 6.45) is 4.71. The Balaban J connectivity index is 1.26. The second kappa shape index (κ2) is 7.94. The molecule has 0 bridgehead atoms. The van der Waals surface area contributed by atoms with Crippen molar-refractivity contribution >= 4 is 17.2 Å². The summed E-state index contributed by atoms with van der Waals surface area (Å²) in [5, 5.41) is 5.23. The van der Waals surface area contributed by atoms with E-state index in [1.807, 2.05) is 29.6 Å². The van der Waals surface area contributed by atoms with E-state index in [9.17, 15) is 4.79 Å². The molecule has 2 aromatic heterocycles. The van der Waals surface area contributed by atoms with Gasteiger partial charge in [-0.3, -0.25) is 4.79 Å². The van der Waals surface area contributed by atoms with Crippen LogP contribution in [0, 0.1) is 0 Å². The standard InChI is InChI=1S/C20H25NO4S/c22-19(6-4-16-3-5-17(25-16)18-2-1-13-26-18)21-15-7-10-24-20(14-15)8-11-23-12-9-20/h1-3,5,13,15H,4,6-12,14H2,(H,21,22)/t15-/m1/s1. The molecule has 2 fully saturated rings. The fraction of sp³-hybridized carbons (Fsp3) is 0.550. The van der Waals surface area contributed by atoms with E-state index in [1.165, 1.54) is 0 Å². The Morgan fingerprint density at radius 1 is 1.23 bits per heavy atom. The molecule has 1 amide bonds. The van der Waals surface area contributed by atoms with Crippen LogP contribution in [-0.2, 0) is 20.7 Å². The number of carbonyl (C=O) groups is 1. The lowest BCUT2D eigenvalue weighted by Gasteiger charge is -2.43. The number of rotatable bonds is 5. The number of ether oxygens (including phenoxy) is 2. The fourth-order valence-corrected chi connectivity index (χ4v) is 4.53. The number of nitrogens with one attached hydrogen (secondary N) is 1. The van der Waals surface area contributed by atoms with E-state index in [-0.39, 0.29) is 17.6 Å². The average Bonchev–Trinajstić information content (AvgIpc) is 3.32. The third-order valence-electron chi connectivity index (χ3n) is 5.29. The third-order valence-corrected chi connectivity index (χ3v) is 6.17. The summed E-state index contributed by atoms with van der Waals surface area (Å²) in [6, 6.07) is 8.19. The first-order chi connectivity index (χ1) is 12.7. The van der Waals surface area contributed by atoms with Crippen molar-refractivity contribution in [2.45, 2.75) is 50.2 Å². The van der Waals surface area contributed by atoms with Gasteiger partial charge in [0.05, 0.1) is 10.5 Å². The number of furan rings is 1. The molecule has 6 heteroatoms. The molecule has 0 aliphatic carbocycles. The molecular formula is C20H25NO4S. The van der Waals surface area contributed by atoms with Crippen LogP contribution in [0.5, 0.6) is 0 Å². The first-order valence-electron chi connectivity index (χ1n) is 9.36. The van der Waals surface area contributed by atoms with E-state index in [4.69, 9.17) is 13.9 Å². The molecule has 1 atom stereocenters. The highest BCUT2D eigenvalue weighted by Gasteiger charge is 2.39. The minimum atomic E-state index is -0.0922. The Labute approximate surface area is 157 Å². The lowest BCUT2D eigenvalue weighted by atomic mass is 9.84. The number of thiophene rings is 1. The van der Waals surface area contributed by atoms with Gasteiger partial charge >= 0.3 is 0 Å². The molecule has 1 N–H and O–H groups in total. The van der Waals surface area contributed by atoms with Crippen LogP contribution in [0.15, 0.2) is 34.1 Å². The van der Waals surface area contributed by atoms with Crippen LogP contribution >= 0.6 is 11.3 Å². The van der Waals surface area contributed by atoms with Crippen molar-refractivity contribution in [1.29, 1.82) is 0 Å². The van der Waals surface area contributed by atoms with Crippen molar-refractivity contribution in [1.82, 2.24) is 5.32 Å². The van der Waals surface area contributed by atoms with Crippen LogP contribution in [0.4, 0.5) is 0 Å². The molecular weight excluding hydrogens is 350 g/mol. The van der Waals surface area contributed by atoms with Gasteiger partial charge in [-0.25, -0.2) is 0 Å². The molecule has 0 radical (unpaired) electrons. The summed E-state index contributed by atoms with van der Waals surface area (Å²) >= 11 is 1.65. The quantitative estimate of drug-likeness (QED) is 0.864. The van der Waals surface area contributed by atoms with Crippen LogP contribution in [0.3, 0.4) is 0 Å². The van der Waals surface area contributed by atoms with E-state index >= 15 is 0 Å². The van der Waals surface area contributed by atoms with Crippen molar-refractivity contribution in [2.75, 3.05) is 19.8 Å². The molecule has 0 unspecified atom stereocenters. The van der Waals surface area contributed by atoms with Gasteiger partial charge in [0.1, 0.15) is 11.5 Å². The Hall–Kier alpha value is -1.63. The predicted molar refractivity (Wildman–Crippen MR) is 100 cm³/mol. The number of carbonyl (C=O) groups excluding carboxylic acids is 1. The Morgan fingerprint density at radius 3 is 2.92 bits per heavy atom. The van der Waals surface area contributed by atoms with E-state index in [1.54, 1.807) is 11.3 Å². The summed E-state index contributed by atoms with van der Waals surface area (Å²) in [5.41, 5.74) is -0.0922. The zero-order chi connectivity index (χ0) is 17.8. The summed E-state index contributed by atoms with van der Waals surface area (Å²) in [6.45, 7) is 2.23. The van der Waals surface area contributed by atoms with Gasteiger partial charge in [-0.1, -0.05) is 6.07 Å². The SMILES string of the molecule is O=C(CCc1ccc(-c2cccs2)o1)N[C@@H]1CCOC2(CCOCC2)C1. The summed E-state index contributed by atoms with van der Waals surface area (Å²) < 4.78 is 17.3.